The standard InChI is InChI=1S/C10H12Cl2N4O3S/c11-8-6-14-9(12)5-7(8)10(17)15-1-3-16(4-2-15)20(13,18)19/h5-6H,1-4H2,(H2,13,18,19). The summed E-state index contributed by atoms with van der Waals surface area (Å²) in [6.45, 7) is 0.791. The van der Waals surface area contributed by atoms with Gasteiger partial charge >= 0.3 is 0 Å². The van der Waals surface area contributed by atoms with E-state index in [9.17, 15) is 13.2 Å². The average Bonchev–Trinajstić information content (AvgIpc) is 2.40. The van der Waals surface area contributed by atoms with E-state index in [1.807, 2.05) is 0 Å². The van der Waals surface area contributed by atoms with E-state index >= 15 is 0 Å². The van der Waals surface area contributed by atoms with Crippen molar-refractivity contribution in [1.82, 2.24) is 14.2 Å². The largest absolute Gasteiger partial charge is 0.336 e. The summed E-state index contributed by atoms with van der Waals surface area (Å²) in [6, 6.07) is 1.39. The molecule has 0 aliphatic carbocycles. The van der Waals surface area contributed by atoms with Crippen molar-refractivity contribution in [2.75, 3.05) is 26.2 Å². The average molecular weight is 339 g/mol. The molecule has 1 aliphatic rings. The predicted octanol–water partition coefficient (Wildman–Crippen LogP) is 0.350. The Kier molecular flexibility index (Phi) is 4.50. The normalized spacial score (nSPS) is 17.2. The molecule has 7 nitrogen and oxygen atoms in total. The minimum Gasteiger partial charge on any atom is -0.336 e. The molecule has 10 heteroatoms. The number of rotatable bonds is 2. The molecule has 0 atom stereocenters. The van der Waals surface area contributed by atoms with Gasteiger partial charge in [-0.15, -0.1) is 0 Å². The van der Waals surface area contributed by atoms with E-state index in [0.29, 0.717) is 0 Å². The maximum Gasteiger partial charge on any atom is 0.277 e. The third-order valence-corrected chi connectivity index (χ3v) is 4.53. The van der Waals surface area contributed by atoms with Crippen molar-refractivity contribution in [1.29, 1.82) is 0 Å². The summed E-state index contributed by atoms with van der Waals surface area (Å²) in [7, 11) is -3.72. The van der Waals surface area contributed by atoms with Gasteiger partial charge in [0.2, 0.25) is 0 Å². The van der Waals surface area contributed by atoms with Crippen molar-refractivity contribution in [3.63, 3.8) is 0 Å². The molecule has 2 heterocycles. The Morgan fingerprint density at radius 3 is 2.40 bits per heavy atom. The number of halogens is 2. The molecular weight excluding hydrogens is 327 g/mol. The first kappa shape index (κ1) is 15.5. The van der Waals surface area contributed by atoms with Crippen LogP contribution in [-0.4, -0.2) is 54.7 Å². The Balaban J connectivity index is 2.11. The van der Waals surface area contributed by atoms with Gasteiger partial charge in [-0.1, -0.05) is 23.2 Å². The van der Waals surface area contributed by atoms with Gasteiger partial charge in [0.15, 0.2) is 0 Å². The molecule has 2 N–H and O–H groups in total. The van der Waals surface area contributed by atoms with Crippen LogP contribution in [0.2, 0.25) is 10.2 Å². The fourth-order valence-electron chi connectivity index (χ4n) is 1.89. The van der Waals surface area contributed by atoms with E-state index in [1.165, 1.54) is 17.2 Å². The van der Waals surface area contributed by atoms with Crippen molar-refractivity contribution in [3.05, 3.63) is 28.0 Å². The fraction of sp³-hybridized carbons (Fsp3) is 0.400. The molecule has 0 bridgehead atoms. The molecule has 1 fully saturated rings. The van der Waals surface area contributed by atoms with Crippen molar-refractivity contribution < 1.29 is 13.2 Å². The molecule has 1 amide bonds. The molecule has 1 aromatic rings. The van der Waals surface area contributed by atoms with Gasteiger partial charge in [-0.05, 0) is 6.07 Å². The topological polar surface area (TPSA) is 96.6 Å². The van der Waals surface area contributed by atoms with Crippen molar-refractivity contribution >= 4 is 39.3 Å². The highest BCUT2D eigenvalue weighted by atomic mass is 35.5. The predicted molar refractivity (Wildman–Crippen MR) is 74.8 cm³/mol. The summed E-state index contributed by atoms with van der Waals surface area (Å²) >= 11 is 11.7. The number of pyridine rings is 1. The van der Waals surface area contributed by atoms with E-state index in [2.05, 4.69) is 4.98 Å². The molecule has 20 heavy (non-hydrogen) atoms. The minimum atomic E-state index is -3.72. The van der Waals surface area contributed by atoms with Gasteiger partial charge in [0.05, 0.1) is 10.6 Å². The second-order valence-electron chi connectivity index (χ2n) is 4.22. The lowest BCUT2D eigenvalue weighted by molar-refractivity contribution is 0.0698. The van der Waals surface area contributed by atoms with Crippen LogP contribution in [0.4, 0.5) is 0 Å². The van der Waals surface area contributed by atoms with Crippen molar-refractivity contribution in [2.45, 2.75) is 0 Å². The number of nitrogens with two attached hydrogens (primary N) is 1. The summed E-state index contributed by atoms with van der Waals surface area (Å²) in [5.41, 5.74) is 0.246. The zero-order valence-electron chi connectivity index (χ0n) is 10.3. The van der Waals surface area contributed by atoms with E-state index in [1.54, 1.807) is 0 Å². The molecule has 1 aromatic heterocycles. The Morgan fingerprint density at radius 1 is 1.25 bits per heavy atom. The molecule has 0 unspecified atom stereocenters. The van der Waals surface area contributed by atoms with Crippen LogP contribution < -0.4 is 5.14 Å². The Bertz CT molecular complexity index is 629. The molecule has 0 aromatic carbocycles. The van der Waals surface area contributed by atoms with Gasteiger partial charge in [0.1, 0.15) is 5.15 Å². The molecule has 2 rings (SSSR count). The SMILES string of the molecule is NS(=O)(=O)N1CCN(C(=O)c2cc(Cl)ncc2Cl)CC1. The van der Waals surface area contributed by atoms with Crippen LogP contribution in [-0.2, 0) is 10.2 Å². The summed E-state index contributed by atoms with van der Waals surface area (Å²) in [5.74, 6) is -0.312. The molecule has 110 valence electrons. The Hall–Kier alpha value is -0.930. The third kappa shape index (κ3) is 3.39. The summed E-state index contributed by atoms with van der Waals surface area (Å²) in [6.07, 6.45) is 1.30. The van der Waals surface area contributed by atoms with Gasteiger partial charge in [0.25, 0.3) is 16.1 Å². The van der Waals surface area contributed by atoms with Gasteiger partial charge in [-0.2, -0.15) is 12.7 Å². The second kappa shape index (κ2) is 5.82. The maximum atomic E-state index is 12.3. The smallest absolute Gasteiger partial charge is 0.277 e. The maximum absolute atomic E-state index is 12.3. The van der Waals surface area contributed by atoms with Crippen LogP contribution in [0.15, 0.2) is 12.3 Å². The number of hydrogen-bond acceptors (Lipinski definition) is 4. The number of nitrogens with zero attached hydrogens (tertiary/aromatic N) is 3. The van der Waals surface area contributed by atoms with E-state index < -0.39 is 10.2 Å². The Labute approximate surface area is 126 Å². The first-order valence-electron chi connectivity index (χ1n) is 5.67. The molecule has 1 saturated heterocycles. The van der Waals surface area contributed by atoms with E-state index in [-0.39, 0.29) is 47.8 Å². The second-order valence-corrected chi connectivity index (χ2v) is 6.56. The lowest BCUT2D eigenvalue weighted by Crippen LogP contribution is -2.52. The van der Waals surface area contributed by atoms with Gasteiger partial charge < -0.3 is 4.90 Å². The number of carbonyl (C=O) groups is 1. The number of hydrogen-bond donors (Lipinski definition) is 1. The lowest BCUT2D eigenvalue weighted by Gasteiger charge is -2.33. The zero-order valence-corrected chi connectivity index (χ0v) is 12.6. The highest BCUT2D eigenvalue weighted by Gasteiger charge is 2.28. The Morgan fingerprint density at radius 2 is 1.85 bits per heavy atom. The molecule has 0 radical (unpaired) electrons. The first-order valence-corrected chi connectivity index (χ1v) is 7.93. The van der Waals surface area contributed by atoms with Gasteiger partial charge in [-0.25, -0.2) is 10.1 Å². The minimum absolute atomic E-state index is 0.154. The van der Waals surface area contributed by atoms with Gasteiger partial charge in [0, 0.05) is 32.4 Å². The molecular formula is C10H12Cl2N4O3S. The molecule has 0 spiro atoms. The van der Waals surface area contributed by atoms with Crippen LogP contribution in [0.3, 0.4) is 0 Å². The summed E-state index contributed by atoms with van der Waals surface area (Å²) < 4.78 is 23.5. The van der Waals surface area contributed by atoms with Crippen LogP contribution in [0, 0.1) is 0 Å². The van der Waals surface area contributed by atoms with Gasteiger partial charge in [-0.3, -0.25) is 4.79 Å². The quantitative estimate of drug-likeness (QED) is 0.787. The third-order valence-electron chi connectivity index (χ3n) is 2.94. The zero-order chi connectivity index (χ0) is 14.9. The highest BCUT2D eigenvalue weighted by molar-refractivity contribution is 7.86. The number of piperazine rings is 1. The summed E-state index contributed by atoms with van der Waals surface area (Å²) in [5, 5.41) is 5.40. The highest BCUT2D eigenvalue weighted by Crippen LogP contribution is 2.20. The van der Waals surface area contributed by atoms with E-state index in [4.69, 9.17) is 28.3 Å². The van der Waals surface area contributed by atoms with E-state index in [0.717, 1.165) is 4.31 Å². The summed E-state index contributed by atoms with van der Waals surface area (Å²) in [4.78, 5) is 17.6. The lowest BCUT2D eigenvalue weighted by atomic mass is 10.2. The van der Waals surface area contributed by atoms with Crippen LogP contribution >= 0.6 is 23.2 Å². The monoisotopic (exact) mass is 338 g/mol. The number of carbonyl (C=O) groups excluding carboxylic acids is 1. The molecule has 1 aliphatic heterocycles. The first-order chi connectivity index (χ1) is 9.29. The van der Waals surface area contributed by atoms with Crippen LogP contribution in [0.1, 0.15) is 10.4 Å². The van der Waals surface area contributed by atoms with Crippen molar-refractivity contribution in [2.24, 2.45) is 5.14 Å². The van der Waals surface area contributed by atoms with Crippen LogP contribution in [0.25, 0.3) is 0 Å². The number of aromatic nitrogens is 1. The van der Waals surface area contributed by atoms with Crippen molar-refractivity contribution in [3.8, 4) is 0 Å². The fourth-order valence-corrected chi connectivity index (χ4v) is 2.91. The molecule has 0 saturated carbocycles. The van der Waals surface area contributed by atoms with Crippen LogP contribution in [0.5, 0.6) is 0 Å². The number of amides is 1.